The first-order valence-electron chi connectivity index (χ1n) is 10.3. The number of nitrogens with zero attached hydrogens (tertiary/aromatic N) is 4. The van der Waals surface area contributed by atoms with E-state index in [0.717, 1.165) is 40.6 Å². The van der Waals surface area contributed by atoms with E-state index in [1.54, 1.807) is 11.3 Å². The molecule has 1 amide bonds. The molecule has 1 fully saturated rings. The van der Waals surface area contributed by atoms with Gasteiger partial charge in [-0.05, 0) is 37.3 Å². The third-order valence-electron chi connectivity index (χ3n) is 5.60. The molecular weight excluding hydrogens is 468 g/mol. The largest absolute Gasteiger partial charge is 0.486 e. The van der Waals surface area contributed by atoms with Gasteiger partial charge in [0.25, 0.3) is 5.91 Å². The number of hydrogen-bond acceptors (Lipinski definition) is 8. The number of ether oxygens (including phenoxy) is 2. The molecule has 0 saturated carbocycles. The Hall–Kier alpha value is -2.36. The number of benzene rings is 1. The fourth-order valence-electron chi connectivity index (χ4n) is 3.89. The quantitative estimate of drug-likeness (QED) is 0.386. The maximum atomic E-state index is 12.9. The summed E-state index contributed by atoms with van der Waals surface area (Å²) >= 11 is 9.25. The first kappa shape index (κ1) is 21.5. The number of aromatic nitrogens is 3. The highest BCUT2D eigenvalue weighted by molar-refractivity contribution is 7.98. The first-order chi connectivity index (χ1) is 15.6. The molecule has 0 bridgehead atoms. The molecule has 1 aromatic carbocycles. The Kier molecular flexibility index (Phi) is 6.21. The molecule has 0 aliphatic carbocycles. The molecule has 1 saturated heterocycles. The van der Waals surface area contributed by atoms with Gasteiger partial charge < -0.3 is 14.4 Å². The Morgan fingerprint density at radius 2 is 1.97 bits per heavy atom. The number of carbonyl (C=O) groups is 1. The lowest BCUT2D eigenvalue weighted by molar-refractivity contribution is 0.0706. The number of thioether (sulfide) groups is 1. The minimum atomic E-state index is -0.137. The van der Waals surface area contributed by atoms with Crippen molar-refractivity contribution < 1.29 is 14.3 Å². The monoisotopic (exact) mass is 488 g/mol. The van der Waals surface area contributed by atoms with E-state index in [2.05, 4.69) is 15.3 Å². The van der Waals surface area contributed by atoms with Crippen LogP contribution in [0.5, 0.6) is 11.5 Å². The lowest BCUT2D eigenvalue weighted by Crippen LogP contribution is -2.38. The predicted octanol–water partition coefficient (Wildman–Crippen LogP) is 4.77. The molecular formula is C22H21ClN4O3S2. The number of likely N-dealkylation sites (tertiary alicyclic amines) is 1. The van der Waals surface area contributed by atoms with Crippen LogP contribution >= 0.6 is 34.7 Å². The van der Waals surface area contributed by atoms with Crippen LogP contribution in [0.2, 0.25) is 5.02 Å². The highest BCUT2D eigenvalue weighted by Crippen LogP contribution is 2.37. The molecule has 0 spiro atoms. The fourth-order valence-corrected chi connectivity index (χ4v) is 5.40. The summed E-state index contributed by atoms with van der Waals surface area (Å²) in [5, 5.41) is 4.02. The SMILES string of the molecule is CSc1ncc(Cl)c(C(=O)N2CCC(c3nc(-c4ccc5c(c4)OCCO5)cs3)CC2)n1. The topological polar surface area (TPSA) is 77.4 Å². The number of fused-ring (bicyclic) bond motifs is 1. The van der Waals surface area contributed by atoms with E-state index in [1.807, 2.05) is 29.4 Å². The van der Waals surface area contributed by atoms with Crippen molar-refractivity contribution in [1.82, 2.24) is 19.9 Å². The zero-order valence-electron chi connectivity index (χ0n) is 17.4. The highest BCUT2D eigenvalue weighted by Gasteiger charge is 2.28. The third-order valence-corrected chi connectivity index (χ3v) is 7.44. The lowest BCUT2D eigenvalue weighted by atomic mass is 9.97. The van der Waals surface area contributed by atoms with Crippen LogP contribution in [0.1, 0.15) is 34.3 Å². The minimum Gasteiger partial charge on any atom is -0.486 e. The van der Waals surface area contributed by atoms with Crippen LogP contribution < -0.4 is 9.47 Å². The van der Waals surface area contributed by atoms with Gasteiger partial charge >= 0.3 is 0 Å². The van der Waals surface area contributed by atoms with Gasteiger partial charge in [0, 0.05) is 30.0 Å². The van der Waals surface area contributed by atoms with E-state index in [9.17, 15) is 4.79 Å². The van der Waals surface area contributed by atoms with Crippen LogP contribution in [0.4, 0.5) is 0 Å². The molecule has 7 nitrogen and oxygen atoms in total. The molecule has 5 rings (SSSR count). The lowest BCUT2D eigenvalue weighted by Gasteiger charge is -2.31. The molecule has 3 aromatic rings. The van der Waals surface area contributed by atoms with Gasteiger partial charge in [0.15, 0.2) is 22.3 Å². The van der Waals surface area contributed by atoms with Gasteiger partial charge in [-0.2, -0.15) is 0 Å². The van der Waals surface area contributed by atoms with Crippen molar-refractivity contribution in [3.05, 3.63) is 45.5 Å². The van der Waals surface area contributed by atoms with Gasteiger partial charge in [0.05, 0.1) is 21.9 Å². The minimum absolute atomic E-state index is 0.137. The Morgan fingerprint density at radius 3 is 2.75 bits per heavy atom. The second kappa shape index (κ2) is 9.25. The molecule has 2 aliphatic rings. The summed E-state index contributed by atoms with van der Waals surface area (Å²) in [5.74, 6) is 1.74. The predicted molar refractivity (Wildman–Crippen MR) is 125 cm³/mol. The molecule has 2 aliphatic heterocycles. The van der Waals surface area contributed by atoms with Gasteiger partial charge in [-0.25, -0.2) is 15.0 Å². The number of halogens is 1. The average Bonchev–Trinajstić information content (AvgIpc) is 3.34. The van der Waals surface area contributed by atoms with Crippen LogP contribution in [0.25, 0.3) is 11.3 Å². The molecule has 4 heterocycles. The van der Waals surface area contributed by atoms with Crippen LogP contribution in [0.3, 0.4) is 0 Å². The van der Waals surface area contributed by atoms with Crippen molar-refractivity contribution in [3.8, 4) is 22.8 Å². The number of hydrogen-bond donors (Lipinski definition) is 0. The molecule has 166 valence electrons. The van der Waals surface area contributed by atoms with Crippen LogP contribution in [-0.4, -0.2) is 58.3 Å². The van der Waals surface area contributed by atoms with Crippen molar-refractivity contribution in [3.63, 3.8) is 0 Å². The van der Waals surface area contributed by atoms with E-state index in [0.29, 0.717) is 42.4 Å². The van der Waals surface area contributed by atoms with Crippen LogP contribution in [0, 0.1) is 0 Å². The van der Waals surface area contributed by atoms with Gasteiger partial charge in [0.1, 0.15) is 13.2 Å². The summed E-state index contributed by atoms with van der Waals surface area (Å²) in [5.41, 5.74) is 2.24. The van der Waals surface area contributed by atoms with Gasteiger partial charge in [-0.1, -0.05) is 23.4 Å². The average molecular weight is 489 g/mol. The zero-order chi connectivity index (χ0) is 22.1. The molecule has 0 N–H and O–H groups in total. The molecule has 10 heteroatoms. The maximum absolute atomic E-state index is 12.9. The van der Waals surface area contributed by atoms with E-state index >= 15 is 0 Å². The van der Waals surface area contributed by atoms with Crippen LogP contribution in [0.15, 0.2) is 34.9 Å². The van der Waals surface area contributed by atoms with Crippen molar-refractivity contribution in [2.24, 2.45) is 0 Å². The van der Waals surface area contributed by atoms with E-state index in [4.69, 9.17) is 26.1 Å². The standard InChI is InChI=1S/C22H21ClN4O3S2/c1-31-22-24-11-15(23)19(26-22)21(28)27-6-4-13(5-7-27)20-25-16(12-32-20)14-2-3-17-18(10-14)30-9-8-29-17/h2-3,10-13H,4-9H2,1H3. The fraction of sp³-hybridized carbons (Fsp3) is 0.364. The molecule has 2 aromatic heterocycles. The third kappa shape index (κ3) is 4.29. The smallest absolute Gasteiger partial charge is 0.274 e. The summed E-state index contributed by atoms with van der Waals surface area (Å²) < 4.78 is 11.3. The van der Waals surface area contributed by atoms with Gasteiger partial charge in [-0.15, -0.1) is 11.3 Å². The van der Waals surface area contributed by atoms with Gasteiger partial charge in [0.2, 0.25) is 0 Å². The maximum Gasteiger partial charge on any atom is 0.274 e. The molecule has 0 radical (unpaired) electrons. The number of piperidine rings is 1. The zero-order valence-corrected chi connectivity index (χ0v) is 19.8. The van der Waals surface area contributed by atoms with Gasteiger partial charge in [-0.3, -0.25) is 4.79 Å². The van der Waals surface area contributed by atoms with Crippen molar-refractivity contribution in [2.75, 3.05) is 32.6 Å². The molecule has 0 unspecified atom stereocenters. The molecule has 0 atom stereocenters. The Labute approximate surface area is 199 Å². The summed E-state index contributed by atoms with van der Waals surface area (Å²) in [6.07, 6.45) is 5.08. The van der Waals surface area contributed by atoms with Crippen LogP contribution in [-0.2, 0) is 0 Å². The first-order valence-corrected chi connectivity index (χ1v) is 12.8. The van der Waals surface area contributed by atoms with E-state index in [1.165, 1.54) is 18.0 Å². The molecule has 32 heavy (non-hydrogen) atoms. The van der Waals surface area contributed by atoms with E-state index in [-0.39, 0.29) is 11.6 Å². The second-order valence-corrected chi connectivity index (χ2v) is 9.62. The summed E-state index contributed by atoms with van der Waals surface area (Å²) in [6.45, 7) is 2.44. The number of carbonyl (C=O) groups excluding carboxylic acids is 1. The number of amides is 1. The second-order valence-electron chi connectivity index (χ2n) is 7.55. The number of thiazole rings is 1. The summed E-state index contributed by atoms with van der Waals surface area (Å²) in [4.78, 5) is 28.1. The summed E-state index contributed by atoms with van der Waals surface area (Å²) in [6, 6.07) is 5.94. The Bertz CT molecular complexity index is 1150. The Morgan fingerprint density at radius 1 is 1.19 bits per heavy atom. The highest BCUT2D eigenvalue weighted by atomic mass is 35.5. The summed E-state index contributed by atoms with van der Waals surface area (Å²) in [7, 11) is 0. The van der Waals surface area contributed by atoms with E-state index < -0.39 is 0 Å². The van der Waals surface area contributed by atoms with Crippen molar-refractivity contribution in [2.45, 2.75) is 23.9 Å². The van der Waals surface area contributed by atoms with Crippen molar-refractivity contribution >= 4 is 40.6 Å². The normalized spacial score (nSPS) is 16.2. The number of rotatable bonds is 4. The Balaban J connectivity index is 1.25. The van der Waals surface area contributed by atoms with Crippen molar-refractivity contribution in [1.29, 1.82) is 0 Å².